The average Bonchev–Trinajstić information content (AvgIpc) is 2.73. The molecular weight excluding hydrogens is 246 g/mol. The third kappa shape index (κ3) is 1.84. The molecule has 0 fully saturated rings. The predicted octanol–water partition coefficient (Wildman–Crippen LogP) is 0.182. The number of hydrazine groups is 1. The molecule has 84 valence electrons. The third-order valence-electron chi connectivity index (χ3n) is 1.95. The quantitative estimate of drug-likeness (QED) is 0.500. The summed E-state index contributed by atoms with van der Waals surface area (Å²) in [6.45, 7) is 1.77. The van der Waals surface area contributed by atoms with Crippen LogP contribution >= 0.6 is 23.6 Å². The van der Waals surface area contributed by atoms with E-state index in [-0.39, 0.29) is 11.0 Å². The number of rotatable bonds is 1. The van der Waals surface area contributed by atoms with E-state index in [2.05, 4.69) is 28.1 Å². The predicted molar refractivity (Wildman–Crippen MR) is 65.2 cm³/mol. The summed E-state index contributed by atoms with van der Waals surface area (Å²) >= 11 is 6.05. The number of carbonyl (C=O) groups is 1. The number of amides is 1. The summed E-state index contributed by atoms with van der Waals surface area (Å²) in [6, 6.07) is 0. The Balaban J connectivity index is 2.31. The van der Waals surface area contributed by atoms with Gasteiger partial charge in [-0.1, -0.05) is 0 Å². The number of nitrogens with one attached hydrogen (secondary N) is 2. The molecule has 2 rings (SSSR count). The van der Waals surface area contributed by atoms with E-state index in [1.165, 1.54) is 11.3 Å². The van der Waals surface area contributed by atoms with Crippen LogP contribution in [0.3, 0.4) is 0 Å². The smallest absolute Gasteiger partial charge is 0.288 e. The van der Waals surface area contributed by atoms with Crippen LogP contribution in [-0.2, 0) is 0 Å². The van der Waals surface area contributed by atoms with E-state index < -0.39 is 0 Å². The second kappa shape index (κ2) is 4.06. The van der Waals surface area contributed by atoms with E-state index in [4.69, 9.17) is 5.73 Å². The molecule has 0 aliphatic heterocycles. The maximum Gasteiger partial charge on any atom is 0.288 e. The molecule has 0 spiro atoms. The summed E-state index contributed by atoms with van der Waals surface area (Å²) in [5.74, 6) is -0.323. The molecule has 0 aromatic carbocycles. The van der Waals surface area contributed by atoms with Crippen molar-refractivity contribution in [3.63, 3.8) is 0 Å². The number of thiazole rings is 1. The molecule has 0 saturated carbocycles. The monoisotopic (exact) mass is 255 g/mol. The highest BCUT2D eigenvalue weighted by Gasteiger charge is 2.16. The lowest BCUT2D eigenvalue weighted by Gasteiger charge is -2.05. The van der Waals surface area contributed by atoms with Crippen molar-refractivity contribution in [2.75, 3.05) is 0 Å². The largest absolute Gasteiger partial charge is 0.375 e. The number of imidazole rings is 1. The number of carbonyl (C=O) groups excluding carboxylic acids is 1. The maximum atomic E-state index is 11.8. The van der Waals surface area contributed by atoms with Gasteiger partial charge < -0.3 is 5.73 Å². The van der Waals surface area contributed by atoms with E-state index in [0.717, 1.165) is 4.96 Å². The Morgan fingerprint density at radius 3 is 3.06 bits per heavy atom. The van der Waals surface area contributed by atoms with E-state index in [9.17, 15) is 4.79 Å². The van der Waals surface area contributed by atoms with Crippen molar-refractivity contribution in [1.82, 2.24) is 20.2 Å². The van der Waals surface area contributed by atoms with E-state index in [1.54, 1.807) is 17.5 Å². The molecule has 0 aliphatic carbocycles. The molecular formula is C8H9N5OS2. The second-order valence-electron chi connectivity index (χ2n) is 3.04. The molecule has 16 heavy (non-hydrogen) atoms. The number of fused-ring (bicyclic) bond motifs is 1. The van der Waals surface area contributed by atoms with Gasteiger partial charge in [-0.05, 0) is 19.1 Å². The first-order valence-electron chi connectivity index (χ1n) is 4.37. The molecule has 0 saturated heterocycles. The molecule has 2 aromatic heterocycles. The zero-order valence-corrected chi connectivity index (χ0v) is 9.98. The molecule has 0 aliphatic rings. The minimum atomic E-state index is -0.323. The Morgan fingerprint density at radius 1 is 1.62 bits per heavy atom. The number of nitrogens with two attached hydrogens (primary N) is 1. The van der Waals surface area contributed by atoms with Crippen LogP contribution in [0.1, 0.15) is 16.2 Å². The topological polar surface area (TPSA) is 84.5 Å². The van der Waals surface area contributed by atoms with Crippen molar-refractivity contribution in [3.05, 3.63) is 23.0 Å². The van der Waals surface area contributed by atoms with Crippen molar-refractivity contribution in [1.29, 1.82) is 0 Å². The summed E-state index contributed by atoms with van der Waals surface area (Å²) in [5, 5.41) is 1.87. The van der Waals surface area contributed by atoms with Crippen LogP contribution in [0.5, 0.6) is 0 Å². The van der Waals surface area contributed by atoms with Crippen molar-refractivity contribution in [2.24, 2.45) is 5.73 Å². The summed E-state index contributed by atoms with van der Waals surface area (Å²) in [6.07, 6.45) is 1.79. The Bertz CT molecular complexity index is 558. The summed E-state index contributed by atoms with van der Waals surface area (Å²) in [7, 11) is 0. The number of aryl methyl sites for hydroxylation is 1. The van der Waals surface area contributed by atoms with Crippen LogP contribution in [0.2, 0.25) is 0 Å². The highest BCUT2D eigenvalue weighted by atomic mass is 32.1. The van der Waals surface area contributed by atoms with Crippen LogP contribution in [0, 0.1) is 6.92 Å². The van der Waals surface area contributed by atoms with Crippen LogP contribution in [0.15, 0.2) is 11.6 Å². The summed E-state index contributed by atoms with van der Waals surface area (Å²) in [4.78, 5) is 16.8. The van der Waals surface area contributed by atoms with Gasteiger partial charge in [0.15, 0.2) is 10.1 Å². The number of hydrogen-bond acceptors (Lipinski definition) is 4. The Labute approximate surface area is 100 Å². The van der Waals surface area contributed by atoms with Crippen LogP contribution in [-0.4, -0.2) is 20.4 Å². The van der Waals surface area contributed by atoms with E-state index in [0.29, 0.717) is 11.4 Å². The number of hydrogen-bond donors (Lipinski definition) is 3. The SMILES string of the molecule is Cc1nc2sccn2c1C(=O)NNC(N)=S. The van der Waals surface area contributed by atoms with Crippen LogP contribution in [0.25, 0.3) is 4.96 Å². The van der Waals surface area contributed by atoms with Gasteiger partial charge in [0.1, 0.15) is 5.69 Å². The average molecular weight is 255 g/mol. The Morgan fingerprint density at radius 2 is 2.38 bits per heavy atom. The highest BCUT2D eigenvalue weighted by molar-refractivity contribution is 7.80. The van der Waals surface area contributed by atoms with E-state index >= 15 is 0 Å². The molecule has 2 heterocycles. The number of nitrogens with zero attached hydrogens (tertiary/aromatic N) is 2. The fourth-order valence-corrected chi connectivity index (χ4v) is 2.16. The maximum absolute atomic E-state index is 11.8. The van der Waals surface area contributed by atoms with Crippen molar-refractivity contribution in [2.45, 2.75) is 6.92 Å². The molecule has 1 amide bonds. The Kier molecular flexibility index (Phi) is 2.75. The van der Waals surface area contributed by atoms with Crippen LogP contribution < -0.4 is 16.6 Å². The van der Waals surface area contributed by atoms with Gasteiger partial charge in [0.05, 0.1) is 5.69 Å². The number of aromatic nitrogens is 2. The lowest BCUT2D eigenvalue weighted by Crippen LogP contribution is -2.44. The second-order valence-corrected chi connectivity index (χ2v) is 4.36. The molecule has 4 N–H and O–H groups in total. The van der Waals surface area contributed by atoms with Crippen LogP contribution in [0.4, 0.5) is 0 Å². The zero-order chi connectivity index (χ0) is 11.7. The van der Waals surface area contributed by atoms with Crippen molar-refractivity contribution in [3.8, 4) is 0 Å². The van der Waals surface area contributed by atoms with Gasteiger partial charge >= 0.3 is 0 Å². The van der Waals surface area contributed by atoms with Gasteiger partial charge in [-0.25, -0.2) is 4.98 Å². The summed E-state index contributed by atoms with van der Waals surface area (Å²) in [5.41, 5.74) is 11.1. The third-order valence-corrected chi connectivity index (χ3v) is 2.81. The first kappa shape index (κ1) is 10.8. The summed E-state index contributed by atoms with van der Waals surface area (Å²) < 4.78 is 1.72. The van der Waals surface area contributed by atoms with Crippen molar-refractivity contribution < 1.29 is 4.79 Å². The Hall–Kier alpha value is -1.67. The normalized spacial score (nSPS) is 10.3. The number of thiocarbonyl (C=S) groups is 1. The minimum absolute atomic E-state index is 0.0112. The van der Waals surface area contributed by atoms with E-state index in [1.807, 2.05) is 5.38 Å². The van der Waals surface area contributed by atoms with Gasteiger partial charge in [-0.2, -0.15) is 0 Å². The van der Waals surface area contributed by atoms with Gasteiger partial charge in [0.25, 0.3) is 5.91 Å². The first-order chi connectivity index (χ1) is 7.59. The zero-order valence-electron chi connectivity index (χ0n) is 8.35. The standard InChI is InChI=1S/C8H9N5OS2/c1-4-5(6(14)11-12-7(9)15)13-2-3-16-8(13)10-4/h2-3H,1H3,(H,11,14)(H3,9,12,15). The molecule has 0 unspecified atom stereocenters. The van der Waals surface area contributed by atoms with Gasteiger partial charge in [0.2, 0.25) is 0 Å². The van der Waals surface area contributed by atoms with Gasteiger partial charge in [-0.15, -0.1) is 11.3 Å². The lowest BCUT2D eigenvalue weighted by atomic mass is 10.3. The van der Waals surface area contributed by atoms with Gasteiger partial charge in [0, 0.05) is 11.6 Å². The molecule has 6 nitrogen and oxygen atoms in total. The molecule has 8 heteroatoms. The lowest BCUT2D eigenvalue weighted by molar-refractivity contribution is 0.0937. The van der Waals surface area contributed by atoms with Crippen molar-refractivity contribution >= 4 is 39.5 Å². The van der Waals surface area contributed by atoms with Gasteiger partial charge in [-0.3, -0.25) is 20.0 Å². The fourth-order valence-electron chi connectivity index (χ4n) is 1.35. The molecule has 0 bridgehead atoms. The molecule has 2 aromatic rings. The highest BCUT2D eigenvalue weighted by Crippen LogP contribution is 2.16. The molecule has 0 radical (unpaired) electrons. The molecule has 0 atom stereocenters. The first-order valence-corrected chi connectivity index (χ1v) is 5.66. The fraction of sp³-hybridized carbons (Fsp3) is 0.125. The minimum Gasteiger partial charge on any atom is -0.375 e.